The van der Waals surface area contributed by atoms with Crippen LogP contribution in [0.4, 0.5) is 4.39 Å². The molecule has 1 aromatic carbocycles. The van der Waals surface area contributed by atoms with Crippen LogP contribution in [-0.4, -0.2) is 27.8 Å². The maximum Gasteiger partial charge on any atom is 0.131 e. The number of halogens is 1. The zero-order valence-corrected chi connectivity index (χ0v) is 9.81. The Morgan fingerprint density at radius 3 is 2.95 bits per heavy atom. The van der Waals surface area contributed by atoms with Gasteiger partial charge < -0.3 is 10.2 Å². The van der Waals surface area contributed by atoms with Gasteiger partial charge in [-0.25, -0.2) is 4.39 Å². The summed E-state index contributed by atoms with van der Waals surface area (Å²) < 4.78 is 13.8. The largest absolute Gasteiger partial charge is 0.390 e. The van der Waals surface area contributed by atoms with E-state index in [2.05, 4.69) is 15.0 Å². The molecule has 2 N–H and O–H groups in total. The molecule has 0 saturated heterocycles. The van der Waals surface area contributed by atoms with Gasteiger partial charge in [0.25, 0.3) is 0 Å². The van der Waals surface area contributed by atoms with Gasteiger partial charge in [0.05, 0.1) is 18.2 Å². The van der Waals surface area contributed by atoms with E-state index in [-0.39, 0.29) is 12.1 Å². The van der Waals surface area contributed by atoms with Crippen LogP contribution in [0.3, 0.4) is 0 Å². The number of aliphatic hydroxyl groups is 2. The topological polar surface area (TPSA) is 102 Å². The number of fused-ring (bicyclic) bond motifs is 1. The average Bonchev–Trinajstić information content (AvgIpc) is 2.43. The highest BCUT2D eigenvalue weighted by Crippen LogP contribution is 2.25. The predicted molar refractivity (Wildman–Crippen MR) is 66.7 cm³/mol. The minimum absolute atomic E-state index is 0.0545. The molecule has 1 aromatic heterocycles. The van der Waals surface area contributed by atoms with Crippen LogP contribution in [0.25, 0.3) is 21.3 Å². The van der Waals surface area contributed by atoms with E-state index in [1.165, 1.54) is 18.3 Å². The first-order valence-electron chi connectivity index (χ1n) is 5.54. The van der Waals surface area contributed by atoms with Crippen molar-refractivity contribution in [3.63, 3.8) is 0 Å². The zero-order valence-electron chi connectivity index (χ0n) is 9.81. The lowest BCUT2D eigenvalue weighted by Gasteiger charge is -2.17. The molecule has 2 rings (SSSR count). The normalized spacial score (nSPS) is 13.8. The third kappa shape index (κ3) is 2.79. The standard InChI is InChI=1S/C12H11FN4O2/c13-9-5-10-7(2-1-3-15-10)4-8(9)12(19)11(18)6-16-17-14/h1-5,11-12,18-19H,6H2. The Morgan fingerprint density at radius 2 is 2.21 bits per heavy atom. The molecule has 2 atom stereocenters. The Kier molecular flexibility index (Phi) is 3.91. The Morgan fingerprint density at radius 1 is 1.42 bits per heavy atom. The first-order valence-corrected chi connectivity index (χ1v) is 5.54. The van der Waals surface area contributed by atoms with Crippen LogP contribution in [0.5, 0.6) is 0 Å². The minimum atomic E-state index is -1.46. The number of aromatic nitrogens is 1. The first kappa shape index (κ1) is 13.2. The molecule has 0 radical (unpaired) electrons. The number of benzene rings is 1. The fraction of sp³-hybridized carbons (Fsp3) is 0.250. The number of nitrogens with zero attached hydrogens (tertiary/aromatic N) is 4. The van der Waals surface area contributed by atoms with Gasteiger partial charge in [0.2, 0.25) is 0 Å². The molecule has 19 heavy (non-hydrogen) atoms. The van der Waals surface area contributed by atoms with E-state index >= 15 is 0 Å². The highest BCUT2D eigenvalue weighted by atomic mass is 19.1. The van der Waals surface area contributed by atoms with Crippen molar-refractivity contribution < 1.29 is 14.6 Å². The van der Waals surface area contributed by atoms with Crippen LogP contribution < -0.4 is 0 Å². The molecule has 1 heterocycles. The van der Waals surface area contributed by atoms with Crippen LogP contribution in [0, 0.1) is 5.82 Å². The summed E-state index contributed by atoms with van der Waals surface area (Å²) in [7, 11) is 0. The van der Waals surface area contributed by atoms with Crippen LogP contribution in [0.1, 0.15) is 11.7 Å². The molecular formula is C12H11FN4O2. The van der Waals surface area contributed by atoms with E-state index in [0.717, 1.165) is 0 Å². The molecular weight excluding hydrogens is 251 g/mol. The fourth-order valence-corrected chi connectivity index (χ4v) is 1.77. The predicted octanol–water partition coefficient (Wildman–Crippen LogP) is 2.08. The molecule has 2 unspecified atom stereocenters. The fourth-order valence-electron chi connectivity index (χ4n) is 1.77. The summed E-state index contributed by atoms with van der Waals surface area (Å²) in [6.07, 6.45) is -1.29. The Bertz CT molecular complexity index is 643. The maximum atomic E-state index is 13.8. The van der Waals surface area contributed by atoms with Gasteiger partial charge in [0.1, 0.15) is 11.9 Å². The van der Waals surface area contributed by atoms with Crippen molar-refractivity contribution in [1.82, 2.24) is 4.98 Å². The second kappa shape index (κ2) is 5.62. The highest BCUT2D eigenvalue weighted by Gasteiger charge is 2.21. The average molecular weight is 262 g/mol. The third-order valence-corrected chi connectivity index (χ3v) is 2.74. The smallest absolute Gasteiger partial charge is 0.131 e. The van der Waals surface area contributed by atoms with Gasteiger partial charge in [-0.3, -0.25) is 4.98 Å². The molecule has 2 aromatic rings. The van der Waals surface area contributed by atoms with Gasteiger partial charge in [-0.05, 0) is 17.7 Å². The van der Waals surface area contributed by atoms with Crippen molar-refractivity contribution in [2.24, 2.45) is 5.11 Å². The van der Waals surface area contributed by atoms with Crippen molar-refractivity contribution in [1.29, 1.82) is 0 Å². The second-order valence-corrected chi connectivity index (χ2v) is 4.00. The summed E-state index contributed by atoms with van der Waals surface area (Å²) in [5, 5.41) is 23.3. The number of rotatable bonds is 4. The minimum Gasteiger partial charge on any atom is -0.390 e. The van der Waals surface area contributed by atoms with Gasteiger partial charge in [0, 0.05) is 28.1 Å². The van der Waals surface area contributed by atoms with Gasteiger partial charge in [-0.1, -0.05) is 11.2 Å². The molecule has 6 nitrogen and oxygen atoms in total. The molecule has 98 valence electrons. The molecule has 0 aliphatic rings. The van der Waals surface area contributed by atoms with Crippen molar-refractivity contribution in [3.8, 4) is 0 Å². The van der Waals surface area contributed by atoms with Crippen LogP contribution in [0.2, 0.25) is 0 Å². The van der Waals surface area contributed by atoms with E-state index in [4.69, 9.17) is 5.53 Å². The molecule has 0 amide bonds. The monoisotopic (exact) mass is 262 g/mol. The third-order valence-electron chi connectivity index (χ3n) is 2.74. The van der Waals surface area contributed by atoms with E-state index in [9.17, 15) is 14.6 Å². The van der Waals surface area contributed by atoms with Crippen molar-refractivity contribution in [2.45, 2.75) is 12.2 Å². The lowest BCUT2D eigenvalue weighted by Crippen LogP contribution is -2.22. The van der Waals surface area contributed by atoms with Crippen LogP contribution in [0.15, 0.2) is 35.6 Å². The number of aliphatic hydroxyl groups excluding tert-OH is 2. The van der Waals surface area contributed by atoms with Crippen LogP contribution in [-0.2, 0) is 0 Å². The molecule has 0 fully saturated rings. The van der Waals surface area contributed by atoms with E-state index in [1.807, 2.05) is 0 Å². The Hall–Kier alpha value is -2.21. The molecule has 0 aliphatic heterocycles. The summed E-state index contributed by atoms with van der Waals surface area (Å²) in [6, 6.07) is 6.01. The summed E-state index contributed by atoms with van der Waals surface area (Å²) in [4.78, 5) is 6.46. The molecule has 0 saturated carbocycles. The number of hydrogen-bond donors (Lipinski definition) is 2. The summed E-state index contributed by atoms with van der Waals surface area (Å²) in [5.41, 5.74) is 8.55. The van der Waals surface area contributed by atoms with Gasteiger partial charge in [-0.15, -0.1) is 0 Å². The zero-order chi connectivity index (χ0) is 13.8. The Balaban J connectivity index is 2.38. The molecule has 0 aliphatic carbocycles. The molecule has 0 spiro atoms. The quantitative estimate of drug-likeness (QED) is 0.501. The lowest BCUT2D eigenvalue weighted by molar-refractivity contribution is 0.0223. The molecule has 0 bridgehead atoms. The van der Waals surface area contributed by atoms with Gasteiger partial charge >= 0.3 is 0 Å². The summed E-state index contributed by atoms with van der Waals surface area (Å²) in [5.74, 6) is -0.668. The number of pyridine rings is 1. The molecule has 7 heteroatoms. The highest BCUT2D eigenvalue weighted by molar-refractivity contribution is 5.79. The number of hydrogen-bond acceptors (Lipinski definition) is 4. The van der Waals surface area contributed by atoms with Gasteiger partial charge in [-0.2, -0.15) is 0 Å². The second-order valence-electron chi connectivity index (χ2n) is 4.00. The van der Waals surface area contributed by atoms with Crippen molar-refractivity contribution >= 4 is 10.9 Å². The summed E-state index contributed by atoms with van der Waals surface area (Å²) in [6.45, 7) is -0.331. The lowest BCUT2D eigenvalue weighted by atomic mass is 10.0. The van der Waals surface area contributed by atoms with Crippen LogP contribution >= 0.6 is 0 Å². The maximum absolute atomic E-state index is 13.8. The van der Waals surface area contributed by atoms with Gasteiger partial charge in [0.15, 0.2) is 0 Å². The number of azide groups is 1. The SMILES string of the molecule is [N-]=[N+]=NCC(O)C(O)c1cc2cccnc2cc1F. The summed E-state index contributed by atoms with van der Waals surface area (Å²) >= 11 is 0. The van der Waals surface area contributed by atoms with Crippen molar-refractivity contribution in [3.05, 3.63) is 52.3 Å². The first-order chi connectivity index (χ1) is 9.13. The van der Waals surface area contributed by atoms with E-state index in [0.29, 0.717) is 10.9 Å². The van der Waals surface area contributed by atoms with E-state index < -0.39 is 18.0 Å². The Labute approximate surface area is 107 Å². The van der Waals surface area contributed by atoms with Crippen molar-refractivity contribution in [2.75, 3.05) is 6.54 Å². The van der Waals surface area contributed by atoms with E-state index in [1.54, 1.807) is 12.1 Å².